The van der Waals surface area contributed by atoms with Gasteiger partial charge < -0.3 is 9.73 Å². The van der Waals surface area contributed by atoms with E-state index in [-0.39, 0.29) is 12.3 Å². The Labute approximate surface area is 178 Å². The van der Waals surface area contributed by atoms with Gasteiger partial charge in [-0.05, 0) is 48.7 Å². The zero-order valence-electron chi connectivity index (χ0n) is 16.0. The maximum Gasteiger partial charge on any atom is 0.230 e. The number of benzene rings is 2. The number of amides is 1. The molecule has 4 rings (SSSR count). The van der Waals surface area contributed by atoms with E-state index in [1.807, 2.05) is 32.0 Å². The molecule has 0 spiro atoms. The fraction of sp³-hybridized carbons (Fsp3) is 0.182. The summed E-state index contributed by atoms with van der Waals surface area (Å²) in [6.07, 6.45) is 3.48. The number of rotatable bonds is 5. The van der Waals surface area contributed by atoms with Crippen molar-refractivity contribution in [3.8, 4) is 0 Å². The normalized spacial score (nSPS) is 11.2. The summed E-state index contributed by atoms with van der Waals surface area (Å²) < 4.78 is 7.30. The van der Waals surface area contributed by atoms with Crippen LogP contribution in [0.2, 0.25) is 10.0 Å². The average Bonchev–Trinajstić information content (AvgIpc) is 3.27. The first-order valence-corrected chi connectivity index (χ1v) is 9.90. The van der Waals surface area contributed by atoms with E-state index >= 15 is 0 Å². The maximum atomic E-state index is 12.7. The monoisotopic (exact) mass is 427 g/mol. The molecule has 0 saturated carbocycles. The number of furan rings is 1. The fourth-order valence-corrected chi connectivity index (χ4v) is 3.61. The Bertz CT molecular complexity index is 1210. The third kappa shape index (κ3) is 4.02. The summed E-state index contributed by atoms with van der Waals surface area (Å²) in [7, 11) is 0. The number of nitrogens with zero attached hydrogens (tertiary/aromatic N) is 2. The number of halogens is 2. The molecular formula is C22H19Cl2N3O2. The van der Waals surface area contributed by atoms with Gasteiger partial charge in [0.2, 0.25) is 5.91 Å². The molecule has 1 amide bonds. The SMILES string of the molecule is Cc1cc2occ(CC(=O)Nc3ccnn3Cc3cccc(Cl)c3Cl)c2cc1C. The van der Waals surface area contributed by atoms with E-state index in [1.54, 1.807) is 29.3 Å². The summed E-state index contributed by atoms with van der Waals surface area (Å²) in [5.74, 6) is 0.440. The van der Waals surface area contributed by atoms with Gasteiger partial charge in [-0.15, -0.1) is 0 Å². The van der Waals surface area contributed by atoms with Crippen LogP contribution in [-0.2, 0) is 17.8 Å². The van der Waals surface area contributed by atoms with E-state index in [9.17, 15) is 4.79 Å². The molecule has 0 aliphatic rings. The molecule has 29 heavy (non-hydrogen) atoms. The number of carbonyl (C=O) groups is 1. The second-order valence-corrected chi connectivity index (χ2v) is 7.79. The zero-order valence-corrected chi connectivity index (χ0v) is 17.5. The van der Waals surface area contributed by atoms with E-state index in [2.05, 4.69) is 16.5 Å². The van der Waals surface area contributed by atoms with Crippen LogP contribution in [0.25, 0.3) is 11.0 Å². The highest BCUT2D eigenvalue weighted by molar-refractivity contribution is 6.42. The molecule has 0 atom stereocenters. The highest BCUT2D eigenvalue weighted by Gasteiger charge is 2.14. The van der Waals surface area contributed by atoms with Crippen molar-refractivity contribution in [2.24, 2.45) is 0 Å². The molecule has 0 aliphatic carbocycles. The molecule has 4 aromatic rings. The molecule has 1 N–H and O–H groups in total. The van der Waals surface area contributed by atoms with Gasteiger partial charge in [0.05, 0.1) is 35.5 Å². The fourth-order valence-electron chi connectivity index (χ4n) is 3.23. The van der Waals surface area contributed by atoms with E-state index < -0.39 is 0 Å². The van der Waals surface area contributed by atoms with Crippen LogP contribution in [0.1, 0.15) is 22.3 Å². The van der Waals surface area contributed by atoms with Crippen molar-refractivity contribution in [1.82, 2.24) is 9.78 Å². The van der Waals surface area contributed by atoms with E-state index in [0.717, 1.165) is 33.2 Å². The molecule has 2 aromatic heterocycles. The lowest BCUT2D eigenvalue weighted by molar-refractivity contribution is -0.115. The van der Waals surface area contributed by atoms with Crippen molar-refractivity contribution in [3.05, 3.63) is 81.2 Å². The second kappa shape index (κ2) is 7.93. The van der Waals surface area contributed by atoms with Gasteiger partial charge in [0.15, 0.2) is 0 Å². The summed E-state index contributed by atoms with van der Waals surface area (Å²) in [4.78, 5) is 12.7. The van der Waals surface area contributed by atoms with Crippen molar-refractivity contribution in [2.45, 2.75) is 26.8 Å². The van der Waals surface area contributed by atoms with Crippen LogP contribution < -0.4 is 5.32 Å². The Morgan fingerprint density at radius 1 is 1.14 bits per heavy atom. The average molecular weight is 428 g/mol. The minimum Gasteiger partial charge on any atom is -0.464 e. The summed E-state index contributed by atoms with van der Waals surface area (Å²) in [5, 5.41) is 9.13. The molecular weight excluding hydrogens is 409 g/mol. The summed E-state index contributed by atoms with van der Waals surface area (Å²) >= 11 is 12.4. The quantitative estimate of drug-likeness (QED) is 0.438. The van der Waals surface area contributed by atoms with Gasteiger partial charge in [0.25, 0.3) is 0 Å². The minimum atomic E-state index is -0.148. The smallest absolute Gasteiger partial charge is 0.230 e. The van der Waals surface area contributed by atoms with Gasteiger partial charge in [-0.3, -0.25) is 4.79 Å². The summed E-state index contributed by atoms with van der Waals surface area (Å²) in [6.45, 7) is 4.48. The Hall–Kier alpha value is -2.76. The van der Waals surface area contributed by atoms with Crippen LogP contribution in [-0.4, -0.2) is 15.7 Å². The molecule has 0 saturated heterocycles. The molecule has 2 heterocycles. The lowest BCUT2D eigenvalue weighted by Crippen LogP contribution is -2.18. The topological polar surface area (TPSA) is 60.1 Å². The van der Waals surface area contributed by atoms with Crippen molar-refractivity contribution < 1.29 is 9.21 Å². The maximum absolute atomic E-state index is 12.7. The molecule has 2 aromatic carbocycles. The summed E-state index contributed by atoms with van der Waals surface area (Å²) in [5.41, 5.74) is 4.79. The van der Waals surface area contributed by atoms with Gasteiger partial charge in [0.1, 0.15) is 11.4 Å². The van der Waals surface area contributed by atoms with E-state index in [4.69, 9.17) is 27.6 Å². The van der Waals surface area contributed by atoms with Crippen molar-refractivity contribution in [3.63, 3.8) is 0 Å². The van der Waals surface area contributed by atoms with Gasteiger partial charge >= 0.3 is 0 Å². The predicted octanol–water partition coefficient (Wildman–Crippen LogP) is 5.78. The molecule has 0 fully saturated rings. The lowest BCUT2D eigenvalue weighted by atomic mass is 10.0. The Kier molecular flexibility index (Phi) is 5.35. The minimum absolute atomic E-state index is 0.148. The number of aromatic nitrogens is 2. The summed E-state index contributed by atoms with van der Waals surface area (Å²) in [6, 6.07) is 11.2. The first-order valence-electron chi connectivity index (χ1n) is 9.14. The zero-order chi connectivity index (χ0) is 20.5. The van der Waals surface area contributed by atoms with E-state index in [0.29, 0.717) is 22.4 Å². The van der Waals surface area contributed by atoms with Crippen molar-refractivity contribution >= 4 is 45.9 Å². The Balaban J connectivity index is 1.51. The van der Waals surface area contributed by atoms with Crippen LogP contribution in [0.4, 0.5) is 5.82 Å². The van der Waals surface area contributed by atoms with Crippen molar-refractivity contribution in [2.75, 3.05) is 5.32 Å². The first kappa shape index (κ1) is 19.6. The van der Waals surface area contributed by atoms with Gasteiger partial charge in [0, 0.05) is 17.0 Å². The van der Waals surface area contributed by atoms with Gasteiger partial charge in [-0.1, -0.05) is 35.3 Å². The number of aryl methyl sites for hydroxylation is 2. The van der Waals surface area contributed by atoms with Crippen LogP contribution >= 0.6 is 23.2 Å². The highest BCUT2D eigenvalue weighted by atomic mass is 35.5. The molecule has 0 aliphatic heterocycles. The number of hydrogen-bond acceptors (Lipinski definition) is 3. The largest absolute Gasteiger partial charge is 0.464 e. The number of anilines is 1. The molecule has 148 valence electrons. The van der Waals surface area contributed by atoms with Gasteiger partial charge in [-0.25, -0.2) is 4.68 Å². The Morgan fingerprint density at radius 3 is 2.76 bits per heavy atom. The highest BCUT2D eigenvalue weighted by Crippen LogP contribution is 2.27. The van der Waals surface area contributed by atoms with Crippen LogP contribution in [0.15, 0.2) is 53.3 Å². The lowest BCUT2D eigenvalue weighted by Gasteiger charge is -2.11. The first-order chi connectivity index (χ1) is 13.9. The second-order valence-electron chi connectivity index (χ2n) is 7.01. The van der Waals surface area contributed by atoms with Crippen LogP contribution in [0.5, 0.6) is 0 Å². The molecule has 0 radical (unpaired) electrons. The third-order valence-corrected chi connectivity index (χ3v) is 5.81. The molecule has 5 nitrogen and oxygen atoms in total. The Morgan fingerprint density at radius 2 is 1.93 bits per heavy atom. The third-order valence-electron chi connectivity index (χ3n) is 4.96. The van der Waals surface area contributed by atoms with Crippen LogP contribution in [0.3, 0.4) is 0 Å². The predicted molar refractivity (Wildman–Crippen MR) is 116 cm³/mol. The van der Waals surface area contributed by atoms with E-state index in [1.165, 1.54) is 0 Å². The molecule has 7 heteroatoms. The van der Waals surface area contributed by atoms with Crippen LogP contribution in [0, 0.1) is 13.8 Å². The molecule has 0 unspecified atom stereocenters. The number of carbonyl (C=O) groups excluding carboxylic acids is 1. The standard InChI is InChI=1S/C22H19Cl2N3O2/c1-13-8-17-16(12-29-19(17)9-14(13)2)10-21(28)26-20-6-7-25-27(20)11-15-4-3-5-18(23)22(15)24/h3-9,12H,10-11H2,1-2H3,(H,26,28). The molecule has 0 bridgehead atoms. The number of hydrogen-bond donors (Lipinski definition) is 1. The van der Waals surface area contributed by atoms with Gasteiger partial charge in [-0.2, -0.15) is 5.10 Å². The number of fused-ring (bicyclic) bond motifs is 1. The number of nitrogens with one attached hydrogen (secondary N) is 1. The van der Waals surface area contributed by atoms with Crippen molar-refractivity contribution in [1.29, 1.82) is 0 Å².